The summed E-state index contributed by atoms with van der Waals surface area (Å²) in [7, 11) is 3.05. The van der Waals surface area contributed by atoms with Gasteiger partial charge in [0.25, 0.3) is 5.91 Å². The van der Waals surface area contributed by atoms with Crippen molar-refractivity contribution in [1.82, 2.24) is 4.90 Å². The van der Waals surface area contributed by atoms with E-state index in [9.17, 15) is 18.0 Å². The van der Waals surface area contributed by atoms with Crippen LogP contribution in [0.1, 0.15) is 21.5 Å². The van der Waals surface area contributed by atoms with Gasteiger partial charge in [0.15, 0.2) is 11.5 Å². The number of carbonyl (C=O) groups is 1. The third-order valence-corrected chi connectivity index (χ3v) is 5.10. The van der Waals surface area contributed by atoms with Gasteiger partial charge in [0.05, 0.1) is 46.0 Å². The monoisotopic (exact) mass is 409 g/mol. The SMILES string of the molecule is COc1ccc(C(=O)N2CC[NH+](Cc3cccc(C(F)(F)F)c3)CC2)cc1OC. The van der Waals surface area contributed by atoms with Gasteiger partial charge < -0.3 is 19.3 Å². The Morgan fingerprint density at radius 1 is 1.03 bits per heavy atom. The van der Waals surface area contributed by atoms with Crippen molar-refractivity contribution in [2.45, 2.75) is 12.7 Å². The fourth-order valence-corrected chi connectivity index (χ4v) is 3.50. The summed E-state index contributed by atoms with van der Waals surface area (Å²) in [6, 6.07) is 10.5. The number of alkyl halides is 3. The van der Waals surface area contributed by atoms with Crippen LogP contribution < -0.4 is 14.4 Å². The predicted octanol–water partition coefficient (Wildman–Crippen LogP) is 2.26. The molecule has 1 N–H and O–H groups in total. The number of nitrogens with one attached hydrogen (secondary N) is 1. The molecule has 2 aromatic carbocycles. The lowest BCUT2D eigenvalue weighted by molar-refractivity contribution is -0.917. The van der Waals surface area contributed by atoms with Gasteiger partial charge in [0.1, 0.15) is 6.54 Å². The van der Waals surface area contributed by atoms with Crippen LogP contribution in [-0.2, 0) is 12.7 Å². The molecule has 0 spiro atoms. The van der Waals surface area contributed by atoms with Crippen LogP contribution in [0.5, 0.6) is 11.5 Å². The summed E-state index contributed by atoms with van der Waals surface area (Å²) < 4.78 is 49.1. The summed E-state index contributed by atoms with van der Waals surface area (Å²) in [5.74, 6) is 0.954. The number of nitrogens with zero attached hydrogens (tertiary/aromatic N) is 1. The van der Waals surface area contributed by atoms with E-state index in [0.29, 0.717) is 55.3 Å². The predicted molar refractivity (Wildman–Crippen MR) is 101 cm³/mol. The first-order chi connectivity index (χ1) is 13.8. The molecular formula is C21H24F3N2O3+. The molecule has 0 atom stereocenters. The lowest BCUT2D eigenvalue weighted by Crippen LogP contribution is -3.13. The summed E-state index contributed by atoms with van der Waals surface area (Å²) in [5, 5.41) is 0. The molecule has 8 heteroatoms. The van der Waals surface area contributed by atoms with E-state index in [1.807, 2.05) is 0 Å². The van der Waals surface area contributed by atoms with Crippen LogP contribution in [0.25, 0.3) is 0 Å². The van der Waals surface area contributed by atoms with Crippen LogP contribution in [0.4, 0.5) is 13.2 Å². The van der Waals surface area contributed by atoms with E-state index >= 15 is 0 Å². The Hall–Kier alpha value is -2.74. The summed E-state index contributed by atoms with van der Waals surface area (Å²) >= 11 is 0. The Morgan fingerprint density at radius 3 is 2.34 bits per heavy atom. The molecule has 0 saturated carbocycles. The summed E-state index contributed by atoms with van der Waals surface area (Å²) in [6.45, 7) is 2.94. The van der Waals surface area contributed by atoms with E-state index in [0.717, 1.165) is 11.0 Å². The third-order valence-electron chi connectivity index (χ3n) is 5.10. The fourth-order valence-electron chi connectivity index (χ4n) is 3.50. The number of ether oxygens (including phenoxy) is 2. The van der Waals surface area contributed by atoms with E-state index in [2.05, 4.69) is 0 Å². The van der Waals surface area contributed by atoms with Crippen molar-refractivity contribution in [3.8, 4) is 11.5 Å². The lowest BCUT2D eigenvalue weighted by Gasteiger charge is -2.32. The molecule has 156 valence electrons. The molecule has 1 saturated heterocycles. The molecule has 5 nitrogen and oxygen atoms in total. The van der Waals surface area contributed by atoms with Crippen LogP contribution in [0, 0.1) is 0 Å². The Morgan fingerprint density at radius 2 is 1.72 bits per heavy atom. The molecule has 0 aliphatic carbocycles. The van der Waals surface area contributed by atoms with Crippen LogP contribution in [0.3, 0.4) is 0 Å². The smallest absolute Gasteiger partial charge is 0.416 e. The van der Waals surface area contributed by atoms with Crippen molar-refractivity contribution in [3.05, 3.63) is 59.2 Å². The molecule has 1 fully saturated rings. The van der Waals surface area contributed by atoms with Crippen molar-refractivity contribution >= 4 is 5.91 Å². The van der Waals surface area contributed by atoms with Crippen LogP contribution in [0.2, 0.25) is 0 Å². The van der Waals surface area contributed by atoms with Gasteiger partial charge in [0.2, 0.25) is 0 Å². The second kappa shape index (κ2) is 8.73. The minimum absolute atomic E-state index is 0.0935. The molecule has 0 unspecified atom stereocenters. The fraction of sp³-hybridized carbons (Fsp3) is 0.381. The molecule has 0 radical (unpaired) electrons. The Bertz CT molecular complexity index is 862. The van der Waals surface area contributed by atoms with Gasteiger partial charge in [-0.15, -0.1) is 0 Å². The molecule has 29 heavy (non-hydrogen) atoms. The van der Waals surface area contributed by atoms with Gasteiger partial charge in [-0.2, -0.15) is 13.2 Å². The van der Waals surface area contributed by atoms with E-state index in [1.54, 1.807) is 29.2 Å². The van der Waals surface area contributed by atoms with Crippen LogP contribution >= 0.6 is 0 Å². The minimum Gasteiger partial charge on any atom is -0.493 e. The van der Waals surface area contributed by atoms with Crippen molar-refractivity contribution < 1.29 is 32.3 Å². The quantitative estimate of drug-likeness (QED) is 0.824. The molecule has 2 aromatic rings. The number of quaternary nitrogens is 1. The number of rotatable bonds is 5. The van der Waals surface area contributed by atoms with Gasteiger partial charge in [-0.05, 0) is 30.3 Å². The van der Waals surface area contributed by atoms with Gasteiger partial charge >= 0.3 is 6.18 Å². The lowest BCUT2D eigenvalue weighted by atomic mass is 10.1. The number of benzene rings is 2. The van der Waals surface area contributed by atoms with E-state index < -0.39 is 11.7 Å². The van der Waals surface area contributed by atoms with Crippen LogP contribution in [0.15, 0.2) is 42.5 Å². The maximum absolute atomic E-state index is 12.9. The molecule has 0 aromatic heterocycles. The molecular weight excluding hydrogens is 385 g/mol. The van der Waals surface area contributed by atoms with Crippen molar-refractivity contribution in [1.29, 1.82) is 0 Å². The van der Waals surface area contributed by atoms with E-state index in [-0.39, 0.29) is 5.91 Å². The number of piperazine rings is 1. The third kappa shape index (κ3) is 5.00. The van der Waals surface area contributed by atoms with Gasteiger partial charge in [-0.1, -0.05) is 12.1 Å². The number of carbonyl (C=O) groups excluding carboxylic acids is 1. The summed E-state index contributed by atoms with van der Waals surface area (Å²) in [4.78, 5) is 15.7. The zero-order valence-electron chi connectivity index (χ0n) is 16.4. The van der Waals surface area contributed by atoms with Gasteiger partial charge in [0, 0.05) is 11.1 Å². The maximum atomic E-state index is 12.9. The molecule has 1 heterocycles. The highest BCUT2D eigenvalue weighted by molar-refractivity contribution is 5.95. The Balaban J connectivity index is 1.60. The molecule has 1 amide bonds. The number of methoxy groups -OCH3 is 2. The second-order valence-corrected chi connectivity index (χ2v) is 6.99. The van der Waals surface area contributed by atoms with Gasteiger partial charge in [-0.25, -0.2) is 0 Å². The molecule has 1 aliphatic rings. The summed E-state index contributed by atoms with van der Waals surface area (Å²) in [5.41, 5.74) is 0.537. The van der Waals surface area contributed by atoms with E-state index in [4.69, 9.17) is 9.47 Å². The highest BCUT2D eigenvalue weighted by atomic mass is 19.4. The standard InChI is InChI=1S/C21H23F3N2O3/c1-28-18-7-6-16(13-19(18)29-2)20(27)26-10-8-25(9-11-26)14-15-4-3-5-17(12-15)21(22,23)24/h3-7,12-13H,8-11,14H2,1-2H3/p+1. The minimum atomic E-state index is -4.34. The highest BCUT2D eigenvalue weighted by Gasteiger charge is 2.31. The van der Waals surface area contributed by atoms with Crippen molar-refractivity contribution in [3.63, 3.8) is 0 Å². The molecule has 1 aliphatic heterocycles. The zero-order valence-corrected chi connectivity index (χ0v) is 16.4. The average molecular weight is 409 g/mol. The first kappa shape index (κ1) is 21.0. The highest BCUT2D eigenvalue weighted by Crippen LogP contribution is 2.29. The van der Waals surface area contributed by atoms with Crippen molar-refractivity contribution in [2.24, 2.45) is 0 Å². The first-order valence-electron chi connectivity index (χ1n) is 9.33. The molecule has 0 bridgehead atoms. The van der Waals surface area contributed by atoms with Crippen molar-refractivity contribution in [2.75, 3.05) is 40.4 Å². The normalized spacial score (nSPS) is 15.3. The zero-order chi connectivity index (χ0) is 21.0. The number of hydrogen-bond donors (Lipinski definition) is 1. The number of halogens is 3. The topological polar surface area (TPSA) is 43.2 Å². The maximum Gasteiger partial charge on any atom is 0.416 e. The number of hydrogen-bond acceptors (Lipinski definition) is 3. The molecule has 3 rings (SSSR count). The first-order valence-corrected chi connectivity index (χ1v) is 9.33. The summed E-state index contributed by atoms with van der Waals surface area (Å²) in [6.07, 6.45) is -4.34. The van der Waals surface area contributed by atoms with Gasteiger partial charge in [-0.3, -0.25) is 4.79 Å². The largest absolute Gasteiger partial charge is 0.493 e. The average Bonchev–Trinajstić information content (AvgIpc) is 2.73. The van der Waals surface area contributed by atoms with E-state index in [1.165, 1.54) is 26.4 Å². The Labute approximate surface area is 167 Å². The number of amides is 1. The van der Waals surface area contributed by atoms with Crippen LogP contribution in [-0.4, -0.2) is 51.2 Å². The Kier molecular flexibility index (Phi) is 6.32. The second-order valence-electron chi connectivity index (χ2n) is 6.99.